The Morgan fingerprint density at radius 2 is 0.543 bits per heavy atom. The fourth-order valence-corrected chi connectivity index (χ4v) is 14.0. The standard InChI is InChI=1S/C96H177NO8/c1-6-8-10-12-14-16-18-20-22-24-26-28-30-32-34-36-38-40-42-44-46-47-49-50-52-54-56-58-60-62-64-66-68-70-72-74-76-78-80-82-84-86-93(98)103-90-92(91-104-96(95(100)101)102-89-88-97(3,4)5)105-94(99)87-85-83-81-79-77-75-73-71-69-67-65-63-61-59-57-55-53-51-48-45-43-41-39-37-35-33-31-29-27-25-23-21-19-17-15-13-11-9-7-2/h9,11,15,17,21,23-24,26-27,29,33,35,92,96H,6-8,10,12-14,16,18-20,22,25,28,30-32,34,36-91H2,1-5H3/p+1/b11-9-,17-15-,23-21-,26-24-,29-27-,35-33-. The molecular formula is C96H178NO8+. The number of carbonyl (C=O) groups excluding carboxylic acids is 2. The number of unbranched alkanes of at least 4 members (excludes halogenated alkanes) is 60. The fraction of sp³-hybridized carbons (Fsp3) is 0.844. The summed E-state index contributed by atoms with van der Waals surface area (Å²) in [6.45, 7) is 4.84. The summed E-state index contributed by atoms with van der Waals surface area (Å²) in [6.07, 6.45) is 116. The highest BCUT2D eigenvalue weighted by atomic mass is 16.7. The van der Waals surface area contributed by atoms with Crippen molar-refractivity contribution in [2.24, 2.45) is 0 Å². The number of carboxylic acid groups (broad SMARTS) is 1. The van der Waals surface area contributed by atoms with Crippen LogP contribution in [0.25, 0.3) is 0 Å². The van der Waals surface area contributed by atoms with E-state index in [9.17, 15) is 19.5 Å². The van der Waals surface area contributed by atoms with Gasteiger partial charge in [0.1, 0.15) is 13.2 Å². The van der Waals surface area contributed by atoms with Gasteiger partial charge in [0.2, 0.25) is 0 Å². The molecule has 0 saturated heterocycles. The summed E-state index contributed by atoms with van der Waals surface area (Å²) in [4.78, 5) is 37.8. The van der Waals surface area contributed by atoms with Crippen LogP contribution in [0.5, 0.6) is 0 Å². The largest absolute Gasteiger partial charge is 0.477 e. The van der Waals surface area contributed by atoms with Gasteiger partial charge in [-0.25, -0.2) is 4.79 Å². The number of esters is 2. The Morgan fingerprint density at radius 3 is 0.819 bits per heavy atom. The van der Waals surface area contributed by atoms with Crippen molar-refractivity contribution in [2.75, 3.05) is 47.5 Å². The minimum absolute atomic E-state index is 0.176. The van der Waals surface area contributed by atoms with Crippen LogP contribution in [-0.4, -0.2) is 87.4 Å². The van der Waals surface area contributed by atoms with Crippen molar-refractivity contribution in [3.8, 4) is 0 Å². The Balaban J connectivity index is 3.88. The molecule has 0 aliphatic rings. The Bertz CT molecular complexity index is 1970. The first-order chi connectivity index (χ1) is 51.6. The highest BCUT2D eigenvalue weighted by Crippen LogP contribution is 2.21. The van der Waals surface area contributed by atoms with Gasteiger partial charge < -0.3 is 28.5 Å². The second kappa shape index (κ2) is 86.3. The molecule has 1 N–H and O–H groups in total. The second-order valence-electron chi connectivity index (χ2n) is 32.6. The Morgan fingerprint density at radius 1 is 0.295 bits per heavy atom. The molecule has 9 nitrogen and oxygen atoms in total. The van der Waals surface area contributed by atoms with Gasteiger partial charge in [-0.15, -0.1) is 0 Å². The first kappa shape index (κ1) is 102. The molecule has 0 aromatic heterocycles. The Kier molecular flexibility index (Phi) is 83.6. The Hall–Kier alpha value is -3.27. The summed E-state index contributed by atoms with van der Waals surface area (Å²) >= 11 is 0. The monoisotopic (exact) mass is 1470 g/mol. The van der Waals surface area contributed by atoms with E-state index in [0.717, 1.165) is 70.6 Å². The number of rotatable bonds is 87. The predicted molar refractivity (Wildman–Crippen MR) is 456 cm³/mol. The van der Waals surface area contributed by atoms with Crippen molar-refractivity contribution in [3.05, 3.63) is 72.9 Å². The van der Waals surface area contributed by atoms with Crippen molar-refractivity contribution in [1.82, 2.24) is 0 Å². The number of hydrogen-bond donors (Lipinski definition) is 1. The van der Waals surface area contributed by atoms with Crippen LogP contribution in [0.15, 0.2) is 72.9 Å². The van der Waals surface area contributed by atoms with Gasteiger partial charge in [-0.05, 0) is 83.5 Å². The maximum atomic E-state index is 13.0. The van der Waals surface area contributed by atoms with Gasteiger partial charge in [-0.1, -0.05) is 440 Å². The second-order valence-corrected chi connectivity index (χ2v) is 32.6. The topological polar surface area (TPSA) is 108 Å². The SMILES string of the molecule is CC/C=C\C/C=C\C/C=C\C/C=C\C/C=C\CCCCCCCCCCCCCCCCCCCCCCCCCC(=O)OC(COC(=O)CCCCCCCCCCCCCCCCCCCCCCCCCCCCCCC/C=C\CCCCCCCCCC)COC(OCC[N+](C)(C)C)C(=O)O. The number of allylic oxidation sites excluding steroid dienone is 12. The van der Waals surface area contributed by atoms with E-state index in [1.807, 2.05) is 21.1 Å². The number of nitrogens with zero attached hydrogens (tertiary/aromatic N) is 1. The van der Waals surface area contributed by atoms with Crippen LogP contribution in [0, 0.1) is 0 Å². The summed E-state index contributed by atoms with van der Waals surface area (Å²) in [5.74, 6) is -1.97. The molecule has 0 aliphatic heterocycles. The number of aliphatic carboxylic acids is 1. The lowest BCUT2D eigenvalue weighted by Crippen LogP contribution is -2.40. The van der Waals surface area contributed by atoms with Gasteiger partial charge in [-0.3, -0.25) is 9.59 Å². The lowest BCUT2D eigenvalue weighted by molar-refractivity contribution is -0.870. The normalized spacial score (nSPS) is 12.9. The van der Waals surface area contributed by atoms with Crippen molar-refractivity contribution < 1.29 is 42.9 Å². The van der Waals surface area contributed by atoms with E-state index in [1.165, 1.54) is 366 Å². The van der Waals surface area contributed by atoms with E-state index in [-0.39, 0.29) is 38.2 Å². The Labute approximate surface area is 653 Å². The molecule has 0 bridgehead atoms. The van der Waals surface area contributed by atoms with Crippen molar-refractivity contribution >= 4 is 17.9 Å². The van der Waals surface area contributed by atoms with Crippen molar-refractivity contribution in [3.63, 3.8) is 0 Å². The predicted octanol–water partition coefficient (Wildman–Crippen LogP) is 30.3. The van der Waals surface area contributed by atoms with Crippen LogP contribution < -0.4 is 0 Å². The highest BCUT2D eigenvalue weighted by molar-refractivity contribution is 5.71. The molecule has 0 spiro atoms. The first-order valence-corrected chi connectivity index (χ1v) is 46.1. The number of carboxylic acids is 1. The summed E-state index contributed by atoms with van der Waals surface area (Å²) in [7, 11) is 6.00. The fourth-order valence-electron chi connectivity index (χ4n) is 14.0. The summed E-state index contributed by atoms with van der Waals surface area (Å²) in [5.41, 5.74) is 0. The number of quaternary nitrogens is 1. The van der Waals surface area contributed by atoms with E-state index in [4.69, 9.17) is 18.9 Å². The number of ether oxygens (including phenoxy) is 4. The van der Waals surface area contributed by atoms with Crippen molar-refractivity contribution in [1.29, 1.82) is 0 Å². The zero-order valence-electron chi connectivity index (χ0n) is 70.7. The molecule has 614 valence electrons. The molecule has 2 unspecified atom stereocenters. The third-order valence-corrected chi connectivity index (χ3v) is 20.9. The molecule has 105 heavy (non-hydrogen) atoms. The summed E-state index contributed by atoms with van der Waals surface area (Å²) in [6, 6.07) is 0. The average molecular weight is 1470 g/mol. The minimum atomic E-state index is -1.51. The van der Waals surface area contributed by atoms with Gasteiger partial charge in [-0.2, -0.15) is 0 Å². The molecule has 0 saturated carbocycles. The summed E-state index contributed by atoms with van der Waals surface area (Å²) < 4.78 is 23.1. The molecular weight excluding hydrogens is 1300 g/mol. The molecule has 0 rings (SSSR count). The van der Waals surface area contributed by atoms with Crippen LogP contribution in [0.2, 0.25) is 0 Å². The maximum absolute atomic E-state index is 13.0. The molecule has 0 fully saturated rings. The van der Waals surface area contributed by atoms with E-state index in [2.05, 4.69) is 86.8 Å². The van der Waals surface area contributed by atoms with Crippen LogP contribution in [0.1, 0.15) is 463 Å². The zero-order valence-corrected chi connectivity index (χ0v) is 70.7. The van der Waals surface area contributed by atoms with E-state index < -0.39 is 18.4 Å². The van der Waals surface area contributed by atoms with E-state index in [1.54, 1.807) is 0 Å². The molecule has 0 heterocycles. The van der Waals surface area contributed by atoms with Gasteiger partial charge >= 0.3 is 17.9 Å². The highest BCUT2D eigenvalue weighted by Gasteiger charge is 2.25. The molecule has 0 aliphatic carbocycles. The minimum Gasteiger partial charge on any atom is -0.477 e. The maximum Gasteiger partial charge on any atom is 0.361 e. The van der Waals surface area contributed by atoms with Crippen LogP contribution >= 0.6 is 0 Å². The van der Waals surface area contributed by atoms with Gasteiger partial charge in [0.05, 0.1) is 34.4 Å². The van der Waals surface area contributed by atoms with Gasteiger partial charge in [0.15, 0.2) is 6.10 Å². The molecule has 0 aromatic rings. The molecule has 2 atom stereocenters. The first-order valence-electron chi connectivity index (χ1n) is 46.1. The van der Waals surface area contributed by atoms with Gasteiger partial charge in [0.25, 0.3) is 6.29 Å². The molecule has 9 heteroatoms. The third-order valence-electron chi connectivity index (χ3n) is 20.9. The molecule has 0 radical (unpaired) electrons. The van der Waals surface area contributed by atoms with Gasteiger partial charge in [0, 0.05) is 12.8 Å². The number of carbonyl (C=O) groups is 3. The molecule has 0 aromatic carbocycles. The van der Waals surface area contributed by atoms with E-state index >= 15 is 0 Å². The lowest BCUT2D eigenvalue weighted by Gasteiger charge is -2.25. The zero-order chi connectivity index (χ0) is 76.0. The van der Waals surface area contributed by atoms with Crippen LogP contribution in [0.4, 0.5) is 0 Å². The third kappa shape index (κ3) is 87.8. The summed E-state index contributed by atoms with van der Waals surface area (Å²) in [5, 5.41) is 9.80. The van der Waals surface area contributed by atoms with Crippen LogP contribution in [-0.2, 0) is 33.3 Å². The quantitative estimate of drug-likeness (QED) is 0.0211. The number of likely N-dealkylation sites (N-methyl/N-ethyl adjacent to an activating group) is 1. The average Bonchev–Trinajstić information content (AvgIpc) is 1.97. The smallest absolute Gasteiger partial charge is 0.361 e. The number of hydrogen-bond acceptors (Lipinski definition) is 7. The van der Waals surface area contributed by atoms with Crippen molar-refractivity contribution in [2.45, 2.75) is 476 Å². The molecule has 0 amide bonds. The van der Waals surface area contributed by atoms with Crippen LogP contribution in [0.3, 0.4) is 0 Å². The lowest BCUT2D eigenvalue weighted by atomic mass is 10.0. The van der Waals surface area contributed by atoms with E-state index in [0.29, 0.717) is 17.4 Å².